The molecule has 0 saturated heterocycles. The van der Waals surface area contributed by atoms with Crippen molar-refractivity contribution in [2.24, 2.45) is 0 Å². The Hall–Kier alpha value is -0.820. The lowest BCUT2D eigenvalue weighted by molar-refractivity contribution is -0.929. The Morgan fingerprint density at radius 2 is 0.429 bits per heavy atom. The summed E-state index contributed by atoms with van der Waals surface area (Å²) in [5, 5.41) is 0. The van der Waals surface area contributed by atoms with Crippen LogP contribution < -0.4 is 0 Å². The highest BCUT2D eigenvalue weighted by molar-refractivity contribution is 5.11. The monoisotopic (exact) mass is 783 g/mol. The van der Waals surface area contributed by atoms with Crippen molar-refractivity contribution in [1.29, 1.82) is 0 Å². The molecule has 0 aliphatic rings. The van der Waals surface area contributed by atoms with Crippen LogP contribution in [0.15, 0.2) is 30.3 Å². The van der Waals surface area contributed by atoms with E-state index in [1.807, 2.05) is 18.2 Å². The Bertz CT molecular complexity index is 714. The average Bonchev–Trinajstić information content (AvgIpc) is 3.21. The summed E-state index contributed by atoms with van der Waals surface area (Å²) in [5.41, 5.74) is 1.32. The van der Waals surface area contributed by atoms with Crippen molar-refractivity contribution < 1.29 is 4.48 Å². The zero-order valence-corrected chi connectivity index (χ0v) is 39.9. The van der Waals surface area contributed by atoms with Gasteiger partial charge in [-0.05, 0) is 58.3 Å². The van der Waals surface area contributed by atoms with E-state index in [0.29, 0.717) is 0 Å². The van der Waals surface area contributed by atoms with Crippen LogP contribution in [0.4, 0.5) is 0 Å². The highest BCUT2D eigenvalue weighted by Gasteiger charge is 2.25. The molecule has 56 heavy (non-hydrogen) atoms. The zero-order chi connectivity index (χ0) is 40.7. The predicted molar refractivity (Wildman–Crippen MR) is 258 cm³/mol. The van der Waals surface area contributed by atoms with Crippen molar-refractivity contribution in [3.8, 4) is 0 Å². The van der Waals surface area contributed by atoms with Crippen molar-refractivity contribution in [1.82, 2.24) is 0 Å². The predicted octanol–water partition coefficient (Wildman–Crippen LogP) is 19.5. The second-order valence-electron chi connectivity index (χ2n) is 18.6. The summed E-state index contributed by atoms with van der Waals surface area (Å²) in [6.07, 6.45) is 58.7. The lowest BCUT2D eigenvalue weighted by Gasteiger charge is -2.40. The van der Waals surface area contributed by atoms with Gasteiger partial charge in [-0.3, -0.25) is 0 Å². The molecule has 1 heteroatoms. The van der Waals surface area contributed by atoms with Gasteiger partial charge in [0.2, 0.25) is 0 Å². The van der Waals surface area contributed by atoms with E-state index in [9.17, 15) is 0 Å². The molecule has 0 radical (unpaired) electrons. The minimum atomic E-state index is 1.32. The molecule has 0 atom stereocenters. The second-order valence-corrected chi connectivity index (χ2v) is 18.6. The van der Waals surface area contributed by atoms with Crippen molar-refractivity contribution in [2.75, 3.05) is 26.2 Å². The van der Waals surface area contributed by atoms with E-state index in [2.05, 4.69) is 46.8 Å². The molecule has 0 N–H and O–H groups in total. The molecular formula is C55H108N+. The summed E-state index contributed by atoms with van der Waals surface area (Å²) < 4.78 is 1.49. The van der Waals surface area contributed by atoms with Crippen LogP contribution in [0.25, 0.3) is 0 Å². The van der Waals surface area contributed by atoms with Crippen LogP contribution in [-0.2, 0) is 0 Å². The smallest absolute Gasteiger partial charge is 0.0786 e. The maximum Gasteiger partial charge on any atom is 0.0786 e. The van der Waals surface area contributed by atoms with E-state index < -0.39 is 0 Å². The minimum absolute atomic E-state index is 1.32. The fourth-order valence-electron chi connectivity index (χ4n) is 8.94. The van der Waals surface area contributed by atoms with Gasteiger partial charge in [-0.25, -0.2) is 0 Å². The molecule has 0 saturated carbocycles. The Labute approximate surface area is 356 Å². The van der Waals surface area contributed by atoms with Crippen molar-refractivity contribution in [2.45, 2.75) is 291 Å². The number of hydrogen-bond acceptors (Lipinski definition) is 0. The molecular weight excluding hydrogens is 675 g/mol. The first-order valence-corrected chi connectivity index (χ1v) is 26.5. The summed E-state index contributed by atoms with van der Waals surface area (Å²) in [7, 11) is 0. The third-order valence-corrected chi connectivity index (χ3v) is 12.9. The van der Waals surface area contributed by atoms with Crippen LogP contribution in [0.1, 0.15) is 290 Å². The SMILES string of the molecule is CCCCCCCCCCCC[N+](CCCCCCCCCCCC)(CCCCCCCCCCCC)CCCCCCCCCCCC.Cc1ccccc1. The molecule has 332 valence electrons. The van der Waals surface area contributed by atoms with Crippen molar-refractivity contribution in [3.05, 3.63) is 35.9 Å². The number of unbranched alkanes of at least 4 members (excludes halogenated alkanes) is 36. The lowest BCUT2D eigenvalue weighted by atomic mass is 10.0. The Morgan fingerprint density at radius 1 is 0.250 bits per heavy atom. The molecule has 1 aromatic rings. The average molecular weight is 783 g/mol. The molecule has 1 rings (SSSR count). The van der Waals surface area contributed by atoms with Crippen LogP contribution in [0.5, 0.6) is 0 Å². The zero-order valence-electron chi connectivity index (χ0n) is 39.9. The van der Waals surface area contributed by atoms with E-state index >= 15 is 0 Å². The lowest BCUT2D eigenvalue weighted by Crippen LogP contribution is -2.50. The summed E-state index contributed by atoms with van der Waals surface area (Å²) in [6, 6.07) is 10.3. The molecule has 0 spiro atoms. The Morgan fingerprint density at radius 3 is 0.589 bits per heavy atom. The first kappa shape index (κ1) is 55.2. The molecule has 0 bridgehead atoms. The van der Waals surface area contributed by atoms with Gasteiger partial charge in [0.15, 0.2) is 0 Å². The van der Waals surface area contributed by atoms with Crippen molar-refractivity contribution >= 4 is 0 Å². The van der Waals surface area contributed by atoms with Gasteiger partial charge in [0.1, 0.15) is 0 Å². The van der Waals surface area contributed by atoms with E-state index in [-0.39, 0.29) is 0 Å². The fourth-order valence-corrected chi connectivity index (χ4v) is 8.94. The second kappa shape index (κ2) is 46.9. The maximum absolute atomic E-state index is 2.34. The topological polar surface area (TPSA) is 0 Å². The van der Waals surface area contributed by atoms with Crippen LogP contribution in [0.3, 0.4) is 0 Å². The van der Waals surface area contributed by atoms with E-state index in [4.69, 9.17) is 0 Å². The first-order chi connectivity index (χ1) is 27.6. The van der Waals surface area contributed by atoms with Crippen LogP contribution in [-0.4, -0.2) is 30.7 Å². The molecule has 1 aromatic carbocycles. The number of quaternary nitrogens is 1. The Kier molecular flexibility index (Phi) is 46.2. The van der Waals surface area contributed by atoms with Gasteiger partial charge in [0, 0.05) is 0 Å². The highest BCUT2D eigenvalue weighted by atomic mass is 15.3. The minimum Gasteiger partial charge on any atom is -0.324 e. The number of hydrogen-bond donors (Lipinski definition) is 0. The number of rotatable bonds is 44. The van der Waals surface area contributed by atoms with Gasteiger partial charge in [-0.1, -0.05) is 269 Å². The Balaban J connectivity index is 0.00000385. The molecule has 1 nitrogen and oxygen atoms in total. The van der Waals surface area contributed by atoms with Crippen molar-refractivity contribution in [3.63, 3.8) is 0 Å². The number of aryl methyl sites for hydroxylation is 1. The molecule has 0 aliphatic carbocycles. The van der Waals surface area contributed by atoms with Crippen LogP contribution >= 0.6 is 0 Å². The van der Waals surface area contributed by atoms with Gasteiger partial charge in [0.05, 0.1) is 26.2 Å². The number of benzene rings is 1. The van der Waals surface area contributed by atoms with Crippen LogP contribution in [0.2, 0.25) is 0 Å². The third kappa shape index (κ3) is 41.3. The van der Waals surface area contributed by atoms with Gasteiger partial charge in [-0.2, -0.15) is 0 Å². The number of nitrogens with zero attached hydrogens (tertiary/aromatic N) is 1. The fraction of sp³-hybridized carbons (Fsp3) is 0.891. The molecule has 0 heterocycles. The summed E-state index contributed by atoms with van der Waals surface area (Å²) in [6.45, 7) is 17.4. The maximum atomic E-state index is 2.34. The van der Waals surface area contributed by atoms with Gasteiger partial charge < -0.3 is 4.48 Å². The largest absolute Gasteiger partial charge is 0.324 e. The molecule has 0 amide bonds. The van der Waals surface area contributed by atoms with E-state index in [1.54, 1.807) is 0 Å². The molecule has 0 unspecified atom stereocenters. The quantitative estimate of drug-likeness (QED) is 0.0457. The first-order valence-electron chi connectivity index (χ1n) is 26.5. The molecule has 0 aromatic heterocycles. The standard InChI is InChI=1S/C48H100N.C7H8/c1-5-9-13-17-21-25-29-33-37-41-45-49(46-42-38-34-30-26-22-18-14-10-6-2,47-43-39-35-31-27-23-19-15-11-7-3)48-44-40-36-32-28-24-20-16-12-8-4;1-7-5-3-2-4-6-7/h5-48H2,1-4H3;2-6H,1H3/q+1;. The highest BCUT2D eigenvalue weighted by Crippen LogP contribution is 2.22. The van der Waals surface area contributed by atoms with Gasteiger partial charge in [0.25, 0.3) is 0 Å². The van der Waals surface area contributed by atoms with Gasteiger partial charge in [-0.15, -0.1) is 0 Å². The summed E-state index contributed by atoms with van der Waals surface area (Å²) in [4.78, 5) is 0. The normalized spacial score (nSPS) is 11.6. The van der Waals surface area contributed by atoms with E-state index in [0.717, 1.165) is 0 Å². The van der Waals surface area contributed by atoms with E-state index in [1.165, 1.54) is 293 Å². The van der Waals surface area contributed by atoms with Crippen LogP contribution in [0, 0.1) is 6.92 Å². The molecule has 0 fully saturated rings. The summed E-state index contributed by atoms with van der Waals surface area (Å²) in [5.74, 6) is 0. The summed E-state index contributed by atoms with van der Waals surface area (Å²) >= 11 is 0. The molecule has 0 aliphatic heterocycles. The van der Waals surface area contributed by atoms with Gasteiger partial charge >= 0.3 is 0 Å². The third-order valence-electron chi connectivity index (χ3n) is 12.9.